The number of rotatable bonds is 5. The Hall–Kier alpha value is -1.65. The summed E-state index contributed by atoms with van der Waals surface area (Å²) in [7, 11) is 1.20. The number of carbonyl (C=O) groups is 3. The van der Waals surface area contributed by atoms with Crippen LogP contribution in [-0.2, 0) is 23.9 Å². The smallest absolute Gasteiger partial charge is 0.336 e. The molecule has 5 nitrogen and oxygen atoms in total. The van der Waals surface area contributed by atoms with Crippen molar-refractivity contribution in [3.8, 4) is 0 Å². The summed E-state index contributed by atoms with van der Waals surface area (Å²) < 4.78 is 8.91. The maximum atomic E-state index is 10.8. The van der Waals surface area contributed by atoms with E-state index in [2.05, 4.69) is 16.1 Å². The van der Waals surface area contributed by atoms with Crippen LogP contribution in [0.1, 0.15) is 13.3 Å². The molecule has 0 aliphatic carbocycles. The summed E-state index contributed by atoms with van der Waals surface area (Å²) in [6.45, 7) is 4.36. The van der Waals surface area contributed by atoms with Gasteiger partial charge >= 0.3 is 11.9 Å². The van der Waals surface area contributed by atoms with Crippen LogP contribution in [0, 0.1) is 0 Å². The monoisotopic (exact) mass is 200 g/mol. The number of hydrogen-bond acceptors (Lipinski definition) is 5. The van der Waals surface area contributed by atoms with Crippen molar-refractivity contribution in [3.63, 3.8) is 0 Å². The summed E-state index contributed by atoms with van der Waals surface area (Å²) in [6, 6.07) is 0. The highest BCUT2D eigenvalue weighted by Gasteiger charge is 2.11. The first-order chi connectivity index (χ1) is 6.47. The fraction of sp³-hybridized carbons (Fsp3) is 0.444. The molecule has 0 unspecified atom stereocenters. The number of methoxy groups -OCH3 is 1. The van der Waals surface area contributed by atoms with Gasteiger partial charge in [-0.15, -0.1) is 0 Å². The number of ether oxygens (including phenoxy) is 2. The van der Waals surface area contributed by atoms with E-state index in [1.54, 1.807) is 0 Å². The van der Waals surface area contributed by atoms with E-state index in [1.165, 1.54) is 14.0 Å². The molecule has 0 amide bonds. The first kappa shape index (κ1) is 12.3. The Kier molecular flexibility index (Phi) is 5.21. The molecule has 0 aliphatic heterocycles. The van der Waals surface area contributed by atoms with E-state index >= 15 is 0 Å². The molecule has 0 aromatic carbocycles. The first-order valence-electron chi connectivity index (χ1n) is 3.88. The Morgan fingerprint density at radius 3 is 2.29 bits per heavy atom. The molecule has 0 bridgehead atoms. The van der Waals surface area contributed by atoms with Crippen molar-refractivity contribution in [3.05, 3.63) is 12.2 Å². The third-order valence-electron chi connectivity index (χ3n) is 1.27. The normalized spacial score (nSPS) is 9.00. The van der Waals surface area contributed by atoms with Gasteiger partial charge in [0.15, 0.2) is 0 Å². The van der Waals surface area contributed by atoms with Crippen LogP contribution in [0.4, 0.5) is 0 Å². The molecule has 0 N–H and O–H groups in total. The maximum Gasteiger partial charge on any atom is 0.336 e. The minimum atomic E-state index is -0.678. The summed E-state index contributed by atoms with van der Waals surface area (Å²) in [4.78, 5) is 32.1. The zero-order chi connectivity index (χ0) is 11.1. The van der Waals surface area contributed by atoms with Crippen molar-refractivity contribution in [2.45, 2.75) is 13.3 Å². The largest absolute Gasteiger partial charge is 0.466 e. The average Bonchev–Trinajstić information content (AvgIpc) is 2.11. The van der Waals surface area contributed by atoms with Crippen LogP contribution in [0.3, 0.4) is 0 Å². The van der Waals surface area contributed by atoms with Crippen LogP contribution >= 0.6 is 0 Å². The third kappa shape index (κ3) is 5.08. The minimum absolute atomic E-state index is 0.0319. The highest BCUT2D eigenvalue weighted by molar-refractivity contribution is 5.94. The fourth-order valence-corrected chi connectivity index (χ4v) is 0.625. The van der Waals surface area contributed by atoms with E-state index in [-0.39, 0.29) is 24.4 Å². The summed E-state index contributed by atoms with van der Waals surface area (Å²) in [6.07, 6.45) is -0.297. The number of hydrogen-bond donors (Lipinski definition) is 0. The van der Waals surface area contributed by atoms with Crippen molar-refractivity contribution < 1.29 is 23.9 Å². The lowest BCUT2D eigenvalue weighted by atomic mass is 10.3. The molecule has 0 aliphatic rings. The van der Waals surface area contributed by atoms with E-state index in [9.17, 15) is 14.4 Å². The van der Waals surface area contributed by atoms with Gasteiger partial charge in [0.25, 0.3) is 0 Å². The Morgan fingerprint density at radius 2 is 1.86 bits per heavy atom. The second kappa shape index (κ2) is 5.90. The molecule has 5 heteroatoms. The lowest BCUT2D eigenvalue weighted by molar-refractivity contribution is -0.145. The van der Waals surface area contributed by atoms with E-state index in [0.29, 0.717) is 0 Å². The summed E-state index contributed by atoms with van der Waals surface area (Å²) in [5, 5.41) is 0. The number of ketones is 1. The molecule has 0 aromatic heterocycles. The maximum absolute atomic E-state index is 10.8. The molecule has 0 fully saturated rings. The predicted octanol–water partition coefficient (Wildman–Crippen LogP) is 0.238. The Bertz CT molecular complexity index is 266. The Labute approximate surface area is 81.7 Å². The average molecular weight is 200 g/mol. The van der Waals surface area contributed by atoms with Gasteiger partial charge in [-0.2, -0.15) is 0 Å². The van der Waals surface area contributed by atoms with Gasteiger partial charge in [0.2, 0.25) is 0 Å². The molecule has 14 heavy (non-hydrogen) atoms. The van der Waals surface area contributed by atoms with Gasteiger partial charge in [-0.25, -0.2) is 4.79 Å². The molecule has 0 saturated carbocycles. The van der Waals surface area contributed by atoms with Crippen LogP contribution < -0.4 is 0 Å². The van der Waals surface area contributed by atoms with E-state index in [4.69, 9.17) is 0 Å². The molecule has 0 rings (SSSR count). The van der Waals surface area contributed by atoms with Crippen molar-refractivity contribution in [1.82, 2.24) is 0 Å². The van der Waals surface area contributed by atoms with E-state index in [1.807, 2.05) is 0 Å². The van der Waals surface area contributed by atoms with Gasteiger partial charge in [0.1, 0.15) is 18.8 Å². The lowest BCUT2D eigenvalue weighted by Crippen LogP contribution is -2.15. The van der Waals surface area contributed by atoms with Crippen LogP contribution in [0.2, 0.25) is 0 Å². The standard InChI is InChI=1S/C9H12O5/c1-6(9(12)13-3)5-14-8(11)4-7(2)10/h1,4-5H2,2-3H3. The number of Topliss-reactive ketones (excluding diaryl/α,β-unsaturated/α-hetero) is 1. The van der Waals surface area contributed by atoms with Crippen LogP contribution in [-0.4, -0.2) is 31.4 Å². The summed E-state index contributed by atoms with van der Waals surface area (Å²) in [5.41, 5.74) is 0.0319. The van der Waals surface area contributed by atoms with Gasteiger partial charge < -0.3 is 9.47 Å². The third-order valence-corrected chi connectivity index (χ3v) is 1.27. The van der Waals surface area contributed by atoms with E-state index < -0.39 is 11.9 Å². The molecule has 0 radical (unpaired) electrons. The van der Waals surface area contributed by atoms with Gasteiger partial charge in [0.05, 0.1) is 12.7 Å². The highest BCUT2D eigenvalue weighted by atomic mass is 16.5. The van der Waals surface area contributed by atoms with Crippen molar-refractivity contribution in [1.29, 1.82) is 0 Å². The van der Waals surface area contributed by atoms with Crippen molar-refractivity contribution in [2.24, 2.45) is 0 Å². The summed E-state index contributed by atoms with van der Waals surface area (Å²) >= 11 is 0. The number of carbonyl (C=O) groups excluding carboxylic acids is 3. The van der Waals surface area contributed by atoms with Crippen molar-refractivity contribution >= 4 is 17.7 Å². The fourth-order valence-electron chi connectivity index (χ4n) is 0.625. The molecule has 0 spiro atoms. The van der Waals surface area contributed by atoms with E-state index in [0.717, 1.165) is 0 Å². The first-order valence-corrected chi connectivity index (χ1v) is 3.88. The second-order valence-corrected chi connectivity index (χ2v) is 2.63. The zero-order valence-electron chi connectivity index (χ0n) is 8.16. The zero-order valence-corrected chi connectivity index (χ0v) is 8.16. The lowest BCUT2D eigenvalue weighted by Gasteiger charge is -2.04. The highest BCUT2D eigenvalue weighted by Crippen LogP contribution is 1.96. The topological polar surface area (TPSA) is 69.7 Å². The number of esters is 2. The molecule has 0 aromatic rings. The van der Waals surface area contributed by atoms with Crippen LogP contribution in [0.25, 0.3) is 0 Å². The molecule has 0 heterocycles. The minimum Gasteiger partial charge on any atom is -0.466 e. The SMILES string of the molecule is C=C(COC(=O)CC(C)=O)C(=O)OC. The second-order valence-electron chi connectivity index (χ2n) is 2.63. The van der Waals surface area contributed by atoms with Gasteiger partial charge in [-0.3, -0.25) is 9.59 Å². The molecule has 0 atom stereocenters. The summed E-state index contributed by atoms with van der Waals surface area (Å²) in [5.74, 6) is -1.61. The predicted molar refractivity (Wildman–Crippen MR) is 47.4 cm³/mol. The van der Waals surface area contributed by atoms with Gasteiger partial charge in [-0.05, 0) is 6.92 Å². The molecular weight excluding hydrogens is 188 g/mol. The Balaban J connectivity index is 3.83. The van der Waals surface area contributed by atoms with Gasteiger partial charge in [-0.1, -0.05) is 6.58 Å². The van der Waals surface area contributed by atoms with Gasteiger partial charge in [0, 0.05) is 0 Å². The van der Waals surface area contributed by atoms with Crippen LogP contribution in [0.15, 0.2) is 12.2 Å². The Morgan fingerprint density at radius 1 is 1.29 bits per heavy atom. The molecule has 78 valence electrons. The van der Waals surface area contributed by atoms with Crippen LogP contribution in [0.5, 0.6) is 0 Å². The van der Waals surface area contributed by atoms with Crippen molar-refractivity contribution in [2.75, 3.05) is 13.7 Å². The quantitative estimate of drug-likeness (QED) is 0.361. The molecular formula is C9H12O5. The molecule has 0 saturated heterocycles.